The quantitative estimate of drug-likeness (QED) is 0.249. The number of carbonyl (C=O) groups excluding carboxylic acids is 1. The van der Waals surface area contributed by atoms with Gasteiger partial charge in [0.25, 0.3) is 11.1 Å². The molecule has 4 heterocycles. The third-order valence-electron chi connectivity index (χ3n) is 5.88. The van der Waals surface area contributed by atoms with Crippen molar-refractivity contribution in [2.45, 2.75) is 24.0 Å². The summed E-state index contributed by atoms with van der Waals surface area (Å²) >= 11 is 1.15. The molecule has 5 rings (SSSR count). The van der Waals surface area contributed by atoms with E-state index in [9.17, 15) is 13.2 Å². The van der Waals surface area contributed by atoms with Crippen LogP contribution in [-0.2, 0) is 14.8 Å². The summed E-state index contributed by atoms with van der Waals surface area (Å²) < 4.78 is 45.7. The van der Waals surface area contributed by atoms with Gasteiger partial charge in [-0.3, -0.25) is 4.79 Å². The Morgan fingerprint density at radius 1 is 1.08 bits per heavy atom. The van der Waals surface area contributed by atoms with Crippen molar-refractivity contribution in [2.75, 3.05) is 32.1 Å². The Bertz CT molecular complexity index is 1480. The molecule has 0 radical (unpaired) electrons. The first-order chi connectivity index (χ1) is 17.3. The Labute approximate surface area is 212 Å². The second-order valence-corrected chi connectivity index (χ2v) is 11.1. The normalized spacial score (nSPS) is 14.8. The van der Waals surface area contributed by atoms with Gasteiger partial charge in [0.1, 0.15) is 0 Å². The topological polar surface area (TPSA) is 121 Å². The van der Waals surface area contributed by atoms with E-state index in [0.29, 0.717) is 43.3 Å². The molecular formula is C24H24N4O6S2. The van der Waals surface area contributed by atoms with Gasteiger partial charge in [-0.2, -0.15) is 4.31 Å². The highest BCUT2D eigenvalue weighted by atomic mass is 32.2. The number of aryl methyl sites for hydroxylation is 1. The average Bonchev–Trinajstić information content (AvgIpc) is 3.64. The molecule has 1 fully saturated rings. The molecule has 0 aliphatic carbocycles. The number of hydrogen-bond acceptors (Lipinski definition) is 9. The van der Waals surface area contributed by atoms with Crippen LogP contribution >= 0.6 is 11.8 Å². The molecule has 0 saturated carbocycles. The van der Waals surface area contributed by atoms with E-state index in [-0.39, 0.29) is 27.5 Å². The summed E-state index contributed by atoms with van der Waals surface area (Å²) in [5.74, 6) is 0.714. The Kier molecular flexibility index (Phi) is 6.84. The van der Waals surface area contributed by atoms with E-state index in [1.807, 2.05) is 30.5 Å². The minimum Gasteiger partial charge on any atom is -0.459 e. The number of carbonyl (C=O) groups is 1. The van der Waals surface area contributed by atoms with Crippen molar-refractivity contribution in [2.24, 2.45) is 0 Å². The highest BCUT2D eigenvalue weighted by molar-refractivity contribution is 7.99. The second-order valence-electron chi connectivity index (χ2n) is 8.20. The number of Topliss-reactive ketones (excluding diaryl/α,β-unsaturated/α-hetero) is 1. The highest BCUT2D eigenvalue weighted by Gasteiger charge is 2.27. The fourth-order valence-corrected chi connectivity index (χ4v) is 6.23. The van der Waals surface area contributed by atoms with Gasteiger partial charge in [-0.1, -0.05) is 17.8 Å². The molecule has 0 N–H and O–H groups in total. The van der Waals surface area contributed by atoms with Crippen LogP contribution in [0.15, 0.2) is 67.7 Å². The second kappa shape index (κ2) is 10.1. The van der Waals surface area contributed by atoms with E-state index in [4.69, 9.17) is 13.6 Å². The molecular weight excluding hydrogens is 504 g/mol. The molecule has 36 heavy (non-hydrogen) atoms. The lowest BCUT2D eigenvalue weighted by Gasteiger charge is -2.26. The predicted octanol–water partition coefficient (Wildman–Crippen LogP) is 3.73. The number of benzene rings is 1. The van der Waals surface area contributed by atoms with Gasteiger partial charge in [0.05, 0.1) is 30.1 Å². The molecule has 1 aliphatic rings. The SMILES string of the molecule is Cc1cc(C(=O)CSc2nnc(-c3ccco3)o2)c(C)n1-c1cccc(S(=O)(=O)N2CCOCC2)c1. The van der Waals surface area contributed by atoms with Crippen molar-refractivity contribution in [3.63, 3.8) is 0 Å². The molecule has 0 amide bonds. The van der Waals surface area contributed by atoms with E-state index in [2.05, 4.69) is 10.2 Å². The fourth-order valence-electron chi connectivity index (χ4n) is 4.13. The van der Waals surface area contributed by atoms with Crippen LogP contribution in [0.4, 0.5) is 0 Å². The van der Waals surface area contributed by atoms with Gasteiger partial charge in [-0.15, -0.1) is 10.2 Å². The maximum Gasteiger partial charge on any atom is 0.284 e. The van der Waals surface area contributed by atoms with Gasteiger partial charge in [0.15, 0.2) is 11.5 Å². The standard InChI is InChI=1S/C24H24N4O6S2/c1-16-13-20(21(29)15-35-24-26-25-23(34-24)22-7-4-10-33-22)17(2)28(16)18-5-3-6-19(14-18)36(30,31)27-8-11-32-12-9-27/h3-7,10,13-14H,8-9,11-12,15H2,1-2H3. The lowest BCUT2D eigenvalue weighted by molar-refractivity contribution is 0.0730. The molecule has 1 saturated heterocycles. The molecule has 4 aromatic rings. The van der Waals surface area contributed by atoms with Crippen LogP contribution in [0.2, 0.25) is 0 Å². The smallest absolute Gasteiger partial charge is 0.284 e. The molecule has 1 aromatic carbocycles. The number of morpholine rings is 1. The molecule has 3 aromatic heterocycles. The largest absolute Gasteiger partial charge is 0.459 e. The number of ether oxygens (including phenoxy) is 1. The molecule has 0 atom stereocenters. The number of thioether (sulfide) groups is 1. The van der Waals surface area contributed by atoms with E-state index in [1.165, 1.54) is 10.6 Å². The lowest BCUT2D eigenvalue weighted by Crippen LogP contribution is -2.40. The first-order valence-electron chi connectivity index (χ1n) is 11.3. The van der Waals surface area contributed by atoms with Gasteiger partial charge in [-0.25, -0.2) is 8.42 Å². The van der Waals surface area contributed by atoms with E-state index >= 15 is 0 Å². The third-order valence-corrected chi connectivity index (χ3v) is 8.59. The van der Waals surface area contributed by atoms with Gasteiger partial charge in [-0.05, 0) is 50.2 Å². The molecule has 188 valence electrons. The zero-order chi connectivity index (χ0) is 25.3. The number of furan rings is 1. The number of rotatable bonds is 8. The summed E-state index contributed by atoms with van der Waals surface area (Å²) in [6.07, 6.45) is 1.51. The fraction of sp³-hybridized carbons (Fsp3) is 0.292. The number of sulfonamides is 1. The van der Waals surface area contributed by atoms with Gasteiger partial charge >= 0.3 is 0 Å². The van der Waals surface area contributed by atoms with Gasteiger partial charge < -0.3 is 18.1 Å². The van der Waals surface area contributed by atoms with Crippen molar-refractivity contribution in [1.29, 1.82) is 0 Å². The van der Waals surface area contributed by atoms with Crippen LogP contribution in [0.3, 0.4) is 0 Å². The molecule has 12 heteroatoms. The maximum absolute atomic E-state index is 13.1. The third kappa shape index (κ3) is 4.76. The van der Waals surface area contributed by atoms with Crippen LogP contribution in [-0.4, -0.2) is 65.3 Å². The molecule has 10 nitrogen and oxygen atoms in total. The van der Waals surface area contributed by atoms with Crippen molar-refractivity contribution >= 4 is 27.6 Å². The van der Waals surface area contributed by atoms with Crippen LogP contribution in [0, 0.1) is 13.8 Å². The van der Waals surface area contributed by atoms with E-state index in [0.717, 1.165) is 23.1 Å². The lowest BCUT2D eigenvalue weighted by atomic mass is 10.2. The van der Waals surface area contributed by atoms with E-state index < -0.39 is 10.0 Å². The molecule has 1 aliphatic heterocycles. The van der Waals surface area contributed by atoms with Crippen molar-refractivity contribution in [3.8, 4) is 17.3 Å². The Morgan fingerprint density at radius 3 is 2.64 bits per heavy atom. The van der Waals surface area contributed by atoms with Gasteiger partial charge in [0, 0.05) is 35.7 Å². The summed E-state index contributed by atoms with van der Waals surface area (Å²) in [7, 11) is -3.64. The molecule has 0 spiro atoms. The monoisotopic (exact) mass is 528 g/mol. The van der Waals surface area contributed by atoms with Crippen molar-refractivity contribution in [3.05, 3.63) is 65.7 Å². The average molecular weight is 529 g/mol. The summed E-state index contributed by atoms with van der Waals surface area (Å²) in [5.41, 5.74) is 2.76. The van der Waals surface area contributed by atoms with Crippen molar-refractivity contribution in [1.82, 2.24) is 19.1 Å². The Morgan fingerprint density at radius 2 is 1.89 bits per heavy atom. The highest BCUT2D eigenvalue weighted by Crippen LogP contribution is 2.27. The first kappa shape index (κ1) is 24.5. The van der Waals surface area contributed by atoms with Crippen LogP contribution in [0.25, 0.3) is 17.3 Å². The molecule has 0 bridgehead atoms. The van der Waals surface area contributed by atoms with Crippen LogP contribution in [0.5, 0.6) is 0 Å². The summed E-state index contributed by atoms with van der Waals surface area (Å²) in [4.78, 5) is 13.3. The zero-order valence-corrected chi connectivity index (χ0v) is 21.3. The van der Waals surface area contributed by atoms with Crippen LogP contribution < -0.4 is 0 Å². The Hall–Kier alpha value is -3.19. The summed E-state index contributed by atoms with van der Waals surface area (Å²) in [6.45, 7) is 5.14. The first-order valence-corrected chi connectivity index (χ1v) is 13.7. The Balaban J connectivity index is 1.35. The maximum atomic E-state index is 13.1. The minimum absolute atomic E-state index is 0.103. The number of ketones is 1. The van der Waals surface area contributed by atoms with Crippen molar-refractivity contribution < 1.29 is 26.8 Å². The minimum atomic E-state index is -3.64. The number of nitrogens with zero attached hydrogens (tertiary/aromatic N) is 4. The summed E-state index contributed by atoms with van der Waals surface area (Å²) in [5, 5.41) is 8.17. The zero-order valence-electron chi connectivity index (χ0n) is 19.7. The number of aromatic nitrogens is 3. The van der Waals surface area contributed by atoms with Gasteiger partial charge in [0.2, 0.25) is 10.0 Å². The van der Waals surface area contributed by atoms with Crippen LogP contribution in [0.1, 0.15) is 21.7 Å². The molecule has 0 unspecified atom stereocenters. The number of hydrogen-bond donors (Lipinski definition) is 0. The summed E-state index contributed by atoms with van der Waals surface area (Å²) in [6, 6.07) is 12.0. The van der Waals surface area contributed by atoms with E-state index in [1.54, 1.807) is 30.3 Å². The predicted molar refractivity (Wildman–Crippen MR) is 132 cm³/mol.